The first kappa shape index (κ1) is 14.8. The Balaban J connectivity index is 2.57. The normalized spacial score (nSPS) is 11.7. The van der Waals surface area contributed by atoms with Crippen LogP contribution in [0.2, 0.25) is 0 Å². The Bertz CT molecular complexity index is 359. The topological polar surface area (TPSA) is 37.0 Å². The van der Waals surface area contributed by atoms with Crippen LogP contribution >= 0.6 is 0 Å². The molecular formula is C15H27N3. The molecule has 0 atom stereocenters. The Morgan fingerprint density at radius 1 is 1.28 bits per heavy atom. The van der Waals surface area contributed by atoms with Crippen molar-refractivity contribution in [2.24, 2.45) is 11.3 Å². The monoisotopic (exact) mass is 249 g/mol. The van der Waals surface area contributed by atoms with Crippen LogP contribution in [0.4, 0.5) is 11.5 Å². The molecule has 1 aromatic heterocycles. The largest absolute Gasteiger partial charge is 0.384 e. The molecule has 1 rings (SSSR count). The van der Waals surface area contributed by atoms with E-state index in [1.807, 2.05) is 12.3 Å². The molecule has 0 unspecified atom stereocenters. The van der Waals surface area contributed by atoms with Gasteiger partial charge in [-0.25, -0.2) is 4.98 Å². The van der Waals surface area contributed by atoms with Gasteiger partial charge in [-0.2, -0.15) is 0 Å². The summed E-state index contributed by atoms with van der Waals surface area (Å²) in [6.07, 6.45) is 2.96. The second-order valence-corrected chi connectivity index (χ2v) is 5.85. The van der Waals surface area contributed by atoms with Crippen LogP contribution in [0.15, 0.2) is 18.3 Å². The SMILES string of the molecule is CCCNc1cc(NCC(C)(C)C(C)C)ccn1. The van der Waals surface area contributed by atoms with E-state index in [1.54, 1.807) is 0 Å². The molecule has 2 N–H and O–H groups in total. The summed E-state index contributed by atoms with van der Waals surface area (Å²) in [5.74, 6) is 1.61. The van der Waals surface area contributed by atoms with Crippen molar-refractivity contribution in [3.8, 4) is 0 Å². The second-order valence-electron chi connectivity index (χ2n) is 5.85. The van der Waals surface area contributed by atoms with Gasteiger partial charge in [-0.3, -0.25) is 0 Å². The Hall–Kier alpha value is -1.25. The van der Waals surface area contributed by atoms with Crippen molar-refractivity contribution in [2.75, 3.05) is 23.7 Å². The van der Waals surface area contributed by atoms with Crippen LogP contribution < -0.4 is 10.6 Å². The number of nitrogens with one attached hydrogen (secondary N) is 2. The van der Waals surface area contributed by atoms with E-state index in [0.29, 0.717) is 11.3 Å². The second kappa shape index (κ2) is 6.62. The fourth-order valence-corrected chi connectivity index (χ4v) is 1.42. The molecule has 102 valence electrons. The summed E-state index contributed by atoms with van der Waals surface area (Å²) in [7, 11) is 0. The van der Waals surface area contributed by atoms with E-state index in [9.17, 15) is 0 Å². The molecule has 0 aliphatic rings. The first-order valence-corrected chi connectivity index (χ1v) is 6.89. The summed E-state index contributed by atoms with van der Waals surface area (Å²) in [4.78, 5) is 4.31. The summed E-state index contributed by atoms with van der Waals surface area (Å²) in [5.41, 5.74) is 1.43. The van der Waals surface area contributed by atoms with Crippen molar-refractivity contribution >= 4 is 11.5 Å². The van der Waals surface area contributed by atoms with Crippen molar-refractivity contribution in [3.63, 3.8) is 0 Å². The van der Waals surface area contributed by atoms with Crippen LogP contribution in [0.1, 0.15) is 41.0 Å². The Morgan fingerprint density at radius 2 is 2.00 bits per heavy atom. The van der Waals surface area contributed by atoms with Crippen molar-refractivity contribution in [2.45, 2.75) is 41.0 Å². The molecule has 0 bridgehead atoms. The molecule has 1 heterocycles. The molecule has 0 radical (unpaired) electrons. The zero-order chi connectivity index (χ0) is 13.6. The predicted octanol–water partition coefficient (Wildman–Crippen LogP) is 4.00. The fourth-order valence-electron chi connectivity index (χ4n) is 1.42. The van der Waals surface area contributed by atoms with Crippen LogP contribution in [0.3, 0.4) is 0 Å². The van der Waals surface area contributed by atoms with Crippen molar-refractivity contribution in [3.05, 3.63) is 18.3 Å². The highest BCUT2D eigenvalue weighted by Gasteiger charge is 2.21. The first-order valence-electron chi connectivity index (χ1n) is 6.89. The number of nitrogens with zero attached hydrogens (tertiary/aromatic N) is 1. The lowest BCUT2D eigenvalue weighted by Gasteiger charge is -2.29. The Labute approximate surface area is 111 Å². The fraction of sp³-hybridized carbons (Fsp3) is 0.667. The molecule has 18 heavy (non-hydrogen) atoms. The minimum absolute atomic E-state index is 0.292. The maximum atomic E-state index is 4.31. The standard InChI is InChI=1S/C15H27N3/c1-6-8-16-14-10-13(7-9-17-14)18-11-15(4,5)12(2)3/h7,9-10,12H,6,8,11H2,1-5H3,(H2,16,17,18). The van der Waals surface area contributed by atoms with Gasteiger partial charge in [0.25, 0.3) is 0 Å². The van der Waals surface area contributed by atoms with Gasteiger partial charge in [-0.15, -0.1) is 0 Å². The number of aromatic nitrogens is 1. The average Bonchev–Trinajstić information content (AvgIpc) is 2.34. The molecule has 3 nitrogen and oxygen atoms in total. The van der Waals surface area contributed by atoms with Gasteiger partial charge >= 0.3 is 0 Å². The molecule has 0 fully saturated rings. The van der Waals surface area contributed by atoms with Gasteiger partial charge in [0, 0.05) is 31.0 Å². The van der Waals surface area contributed by atoms with Gasteiger partial charge < -0.3 is 10.6 Å². The zero-order valence-electron chi connectivity index (χ0n) is 12.4. The highest BCUT2D eigenvalue weighted by molar-refractivity contribution is 5.51. The maximum absolute atomic E-state index is 4.31. The molecule has 0 aromatic carbocycles. The summed E-state index contributed by atoms with van der Waals surface area (Å²) in [6.45, 7) is 13.2. The third kappa shape index (κ3) is 4.55. The summed E-state index contributed by atoms with van der Waals surface area (Å²) >= 11 is 0. The van der Waals surface area contributed by atoms with Gasteiger partial charge in [-0.05, 0) is 23.8 Å². The van der Waals surface area contributed by atoms with Crippen LogP contribution in [-0.4, -0.2) is 18.1 Å². The number of pyridine rings is 1. The highest BCUT2D eigenvalue weighted by atomic mass is 15.0. The van der Waals surface area contributed by atoms with Crippen LogP contribution in [0.5, 0.6) is 0 Å². The van der Waals surface area contributed by atoms with Crippen molar-refractivity contribution in [1.82, 2.24) is 4.98 Å². The number of hydrogen-bond donors (Lipinski definition) is 2. The molecule has 0 amide bonds. The van der Waals surface area contributed by atoms with Gasteiger partial charge in [0.2, 0.25) is 0 Å². The zero-order valence-corrected chi connectivity index (χ0v) is 12.4. The average molecular weight is 249 g/mol. The van der Waals surface area contributed by atoms with E-state index >= 15 is 0 Å². The molecule has 1 aromatic rings. The lowest BCUT2D eigenvalue weighted by Crippen LogP contribution is -2.28. The third-order valence-corrected chi connectivity index (χ3v) is 3.63. The van der Waals surface area contributed by atoms with Crippen LogP contribution in [0, 0.1) is 11.3 Å². The van der Waals surface area contributed by atoms with E-state index < -0.39 is 0 Å². The molecule has 0 saturated carbocycles. The lowest BCUT2D eigenvalue weighted by molar-refractivity contribution is 0.269. The summed E-state index contributed by atoms with van der Waals surface area (Å²) in [5, 5.41) is 6.81. The third-order valence-electron chi connectivity index (χ3n) is 3.63. The molecule has 0 saturated heterocycles. The van der Waals surface area contributed by atoms with E-state index in [-0.39, 0.29) is 0 Å². The predicted molar refractivity (Wildman–Crippen MR) is 80.1 cm³/mol. The lowest BCUT2D eigenvalue weighted by atomic mass is 9.81. The number of hydrogen-bond acceptors (Lipinski definition) is 3. The van der Waals surface area contributed by atoms with Crippen LogP contribution in [-0.2, 0) is 0 Å². The maximum Gasteiger partial charge on any atom is 0.127 e. The van der Waals surface area contributed by atoms with Gasteiger partial charge in [0.15, 0.2) is 0 Å². The Morgan fingerprint density at radius 3 is 2.61 bits per heavy atom. The minimum Gasteiger partial charge on any atom is -0.384 e. The first-order chi connectivity index (χ1) is 8.45. The smallest absolute Gasteiger partial charge is 0.127 e. The Kier molecular flexibility index (Phi) is 5.45. The molecule has 0 aliphatic carbocycles. The van der Waals surface area contributed by atoms with Crippen molar-refractivity contribution in [1.29, 1.82) is 0 Å². The van der Waals surface area contributed by atoms with Crippen LogP contribution in [0.25, 0.3) is 0 Å². The van der Waals surface area contributed by atoms with E-state index in [1.165, 1.54) is 0 Å². The van der Waals surface area contributed by atoms with Gasteiger partial charge in [-0.1, -0.05) is 34.6 Å². The molecule has 3 heteroatoms. The quantitative estimate of drug-likeness (QED) is 0.767. The number of rotatable bonds is 7. The molecule has 0 aliphatic heterocycles. The molecule has 0 spiro atoms. The van der Waals surface area contributed by atoms with Gasteiger partial charge in [0.1, 0.15) is 5.82 Å². The van der Waals surface area contributed by atoms with E-state index in [4.69, 9.17) is 0 Å². The van der Waals surface area contributed by atoms with Gasteiger partial charge in [0.05, 0.1) is 0 Å². The van der Waals surface area contributed by atoms with Crippen molar-refractivity contribution < 1.29 is 0 Å². The minimum atomic E-state index is 0.292. The summed E-state index contributed by atoms with van der Waals surface area (Å²) in [6, 6.07) is 4.10. The van der Waals surface area contributed by atoms with E-state index in [0.717, 1.165) is 31.0 Å². The highest BCUT2D eigenvalue weighted by Crippen LogP contribution is 2.26. The van der Waals surface area contributed by atoms with E-state index in [2.05, 4.69) is 56.3 Å². The number of anilines is 2. The molecular weight excluding hydrogens is 222 g/mol. The summed E-state index contributed by atoms with van der Waals surface area (Å²) < 4.78 is 0.